The first-order valence-corrected chi connectivity index (χ1v) is 8.66. The summed E-state index contributed by atoms with van der Waals surface area (Å²) in [4.78, 5) is 6.87. The standard InChI is InChI=1S/C20H24N4/c1-16-9-12-24(13-10-16)19(17-6-3-2-4-7-17)15-23-20-18(14-21)8-5-11-22-20/h2-8,11,16,19H,9-10,12-13,15H2,1H3,(H,22,23). The van der Waals surface area contributed by atoms with Gasteiger partial charge in [-0.2, -0.15) is 5.26 Å². The monoisotopic (exact) mass is 320 g/mol. The van der Waals surface area contributed by atoms with Crippen molar-refractivity contribution in [2.75, 3.05) is 25.0 Å². The quantitative estimate of drug-likeness (QED) is 0.909. The molecule has 3 rings (SSSR count). The van der Waals surface area contributed by atoms with Crippen LogP contribution in [0.15, 0.2) is 48.7 Å². The number of nitrogens with zero attached hydrogens (tertiary/aromatic N) is 3. The average Bonchev–Trinajstić information content (AvgIpc) is 2.64. The summed E-state index contributed by atoms with van der Waals surface area (Å²) in [5.74, 6) is 1.48. The van der Waals surface area contributed by atoms with E-state index in [0.717, 1.165) is 25.6 Å². The molecule has 1 unspecified atom stereocenters. The van der Waals surface area contributed by atoms with Crippen LogP contribution in [0.1, 0.15) is 36.9 Å². The molecular formula is C20H24N4. The predicted molar refractivity (Wildman–Crippen MR) is 96.6 cm³/mol. The summed E-state index contributed by atoms with van der Waals surface area (Å²) in [6, 6.07) is 16.7. The van der Waals surface area contributed by atoms with Gasteiger partial charge in [0.2, 0.25) is 0 Å². The van der Waals surface area contributed by atoms with Crippen molar-refractivity contribution >= 4 is 5.82 Å². The zero-order chi connectivity index (χ0) is 16.8. The molecule has 24 heavy (non-hydrogen) atoms. The lowest BCUT2D eigenvalue weighted by molar-refractivity contribution is 0.143. The van der Waals surface area contributed by atoms with Crippen molar-refractivity contribution in [3.05, 3.63) is 59.8 Å². The Morgan fingerprint density at radius 1 is 1.21 bits per heavy atom. The molecule has 0 radical (unpaired) electrons. The van der Waals surface area contributed by atoms with Gasteiger partial charge in [0.1, 0.15) is 11.9 Å². The number of benzene rings is 1. The zero-order valence-corrected chi connectivity index (χ0v) is 14.2. The molecule has 4 heteroatoms. The van der Waals surface area contributed by atoms with E-state index < -0.39 is 0 Å². The van der Waals surface area contributed by atoms with E-state index in [1.165, 1.54) is 18.4 Å². The van der Waals surface area contributed by atoms with Crippen LogP contribution < -0.4 is 5.32 Å². The number of piperidine rings is 1. The van der Waals surface area contributed by atoms with Crippen molar-refractivity contribution in [3.8, 4) is 6.07 Å². The minimum atomic E-state index is 0.298. The van der Waals surface area contributed by atoms with Crippen LogP contribution in [0, 0.1) is 17.2 Å². The number of pyridine rings is 1. The summed E-state index contributed by atoms with van der Waals surface area (Å²) in [6.45, 7) is 5.33. The van der Waals surface area contributed by atoms with E-state index in [4.69, 9.17) is 0 Å². The van der Waals surface area contributed by atoms with Crippen LogP contribution >= 0.6 is 0 Å². The molecule has 2 aromatic rings. The van der Waals surface area contributed by atoms with Gasteiger partial charge in [-0.05, 0) is 49.5 Å². The van der Waals surface area contributed by atoms with Gasteiger partial charge in [0.15, 0.2) is 0 Å². The second-order valence-corrected chi connectivity index (χ2v) is 6.54. The number of nitrogens with one attached hydrogen (secondary N) is 1. The number of hydrogen-bond acceptors (Lipinski definition) is 4. The van der Waals surface area contributed by atoms with Gasteiger partial charge < -0.3 is 5.32 Å². The van der Waals surface area contributed by atoms with Gasteiger partial charge in [-0.1, -0.05) is 37.3 Å². The van der Waals surface area contributed by atoms with Gasteiger partial charge in [-0.15, -0.1) is 0 Å². The van der Waals surface area contributed by atoms with E-state index in [1.54, 1.807) is 18.3 Å². The van der Waals surface area contributed by atoms with Crippen LogP contribution in [0.3, 0.4) is 0 Å². The van der Waals surface area contributed by atoms with E-state index in [1.807, 2.05) is 0 Å². The minimum Gasteiger partial charge on any atom is -0.367 e. The summed E-state index contributed by atoms with van der Waals surface area (Å²) in [6.07, 6.45) is 4.22. The minimum absolute atomic E-state index is 0.298. The molecule has 1 N–H and O–H groups in total. The largest absolute Gasteiger partial charge is 0.367 e. The molecule has 1 fully saturated rings. The summed E-state index contributed by atoms with van der Waals surface area (Å²) in [5, 5.41) is 12.6. The van der Waals surface area contributed by atoms with Crippen LogP contribution in [0.4, 0.5) is 5.82 Å². The molecule has 0 spiro atoms. The van der Waals surface area contributed by atoms with E-state index >= 15 is 0 Å². The number of aromatic nitrogens is 1. The lowest BCUT2D eigenvalue weighted by Gasteiger charge is -2.37. The van der Waals surface area contributed by atoms with E-state index in [-0.39, 0.29) is 0 Å². The smallest absolute Gasteiger partial charge is 0.143 e. The van der Waals surface area contributed by atoms with Crippen molar-refractivity contribution in [1.29, 1.82) is 5.26 Å². The van der Waals surface area contributed by atoms with Crippen LogP contribution in [-0.2, 0) is 0 Å². The molecule has 4 nitrogen and oxygen atoms in total. The molecule has 0 saturated carbocycles. The molecule has 124 valence electrons. The molecule has 0 bridgehead atoms. The van der Waals surface area contributed by atoms with Gasteiger partial charge in [-0.25, -0.2) is 4.98 Å². The predicted octanol–water partition coefficient (Wildman–Crippen LogP) is 3.84. The van der Waals surface area contributed by atoms with Crippen LogP contribution in [0.2, 0.25) is 0 Å². The number of anilines is 1. The van der Waals surface area contributed by atoms with Crippen molar-refractivity contribution in [2.24, 2.45) is 5.92 Å². The van der Waals surface area contributed by atoms with Crippen LogP contribution in [0.5, 0.6) is 0 Å². The van der Waals surface area contributed by atoms with Crippen molar-refractivity contribution in [3.63, 3.8) is 0 Å². The summed E-state index contributed by atoms with van der Waals surface area (Å²) >= 11 is 0. The highest BCUT2D eigenvalue weighted by atomic mass is 15.2. The average molecular weight is 320 g/mol. The molecule has 1 atom stereocenters. The number of rotatable bonds is 5. The third kappa shape index (κ3) is 3.93. The SMILES string of the molecule is CC1CCN(C(CNc2ncccc2C#N)c2ccccc2)CC1. The molecule has 1 aliphatic heterocycles. The van der Waals surface area contributed by atoms with Crippen molar-refractivity contribution in [1.82, 2.24) is 9.88 Å². The highest BCUT2D eigenvalue weighted by Gasteiger charge is 2.24. The number of hydrogen-bond donors (Lipinski definition) is 1. The molecule has 1 saturated heterocycles. The Labute approximate surface area is 144 Å². The van der Waals surface area contributed by atoms with E-state index in [0.29, 0.717) is 17.4 Å². The fourth-order valence-corrected chi connectivity index (χ4v) is 3.30. The molecule has 1 aromatic carbocycles. The normalized spacial score (nSPS) is 17.2. The van der Waals surface area contributed by atoms with Crippen molar-refractivity contribution < 1.29 is 0 Å². The summed E-state index contributed by atoms with van der Waals surface area (Å²) < 4.78 is 0. The van der Waals surface area contributed by atoms with Crippen molar-refractivity contribution in [2.45, 2.75) is 25.8 Å². The Morgan fingerprint density at radius 2 is 1.96 bits per heavy atom. The molecular weight excluding hydrogens is 296 g/mol. The van der Waals surface area contributed by atoms with E-state index in [9.17, 15) is 5.26 Å². The number of likely N-dealkylation sites (tertiary alicyclic amines) is 1. The first kappa shape index (κ1) is 16.5. The van der Waals surface area contributed by atoms with Crippen LogP contribution in [0.25, 0.3) is 0 Å². The topological polar surface area (TPSA) is 52.0 Å². The third-order valence-corrected chi connectivity index (χ3v) is 4.83. The Morgan fingerprint density at radius 3 is 2.67 bits per heavy atom. The maximum absolute atomic E-state index is 9.24. The first-order valence-electron chi connectivity index (χ1n) is 8.66. The maximum Gasteiger partial charge on any atom is 0.143 e. The Kier molecular flexibility index (Phi) is 5.45. The molecule has 0 aliphatic carbocycles. The van der Waals surface area contributed by atoms with Gasteiger partial charge >= 0.3 is 0 Å². The lowest BCUT2D eigenvalue weighted by atomic mass is 9.95. The molecule has 2 heterocycles. The Balaban J connectivity index is 1.76. The van der Waals surface area contributed by atoms with Gasteiger partial charge in [0.25, 0.3) is 0 Å². The lowest BCUT2D eigenvalue weighted by Crippen LogP contribution is -2.39. The Hall–Kier alpha value is -2.38. The van der Waals surface area contributed by atoms with Crippen LogP contribution in [-0.4, -0.2) is 29.5 Å². The molecule has 0 amide bonds. The van der Waals surface area contributed by atoms with Gasteiger partial charge in [-0.3, -0.25) is 4.90 Å². The fraction of sp³-hybridized carbons (Fsp3) is 0.400. The van der Waals surface area contributed by atoms with E-state index in [2.05, 4.69) is 58.5 Å². The first-order chi connectivity index (χ1) is 11.8. The summed E-state index contributed by atoms with van der Waals surface area (Å²) in [5.41, 5.74) is 1.91. The molecule has 1 aliphatic rings. The third-order valence-electron chi connectivity index (χ3n) is 4.83. The summed E-state index contributed by atoms with van der Waals surface area (Å²) in [7, 11) is 0. The highest BCUT2D eigenvalue weighted by Crippen LogP contribution is 2.27. The highest BCUT2D eigenvalue weighted by molar-refractivity contribution is 5.51. The molecule has 1 aromatic heterocycles. The second kappa shape index (κ2) is 7.94. The zero-order valence-electron chi connectivity index (χ0n) is 14.2. The second-order valence-electron chi connectivity index (χ2n) is 6.54. The maximum atomic E-state index is 9.24. The number of nitriles is 1. The Bertz CT molecular complexity index is 684. The fourth-order valence-electron chi connectivity index (χ4n) is 3.30. The van der Waals surface area contributed by atoms with Gasteiger partial charge in [0, 0.05) is 12.7 Å². The van der Waals surface area contributed by atoms with Gasteiger partial charge in [0.05, 0.1) is 11.6 Å².